The summed E-state index contributed by atoms with van der Waals surface area (Å²) in [7, 11) is 7.82. The minimum absolute atomic E-state index is 0.404. The monoisotopic (exact) mass is 431 g/mol. The molecule has 1 N–H and O–H groups in total. The molecule has 1 fully saturated rings. The van der Waals surface area contributed by atoms with Gasteiger partial charge in [-0.05, 0) is 42.7 Å². The van der Waals surface area contributed by atoms with Crippen LogP contribution in [0.3, 0.4) is 0 Å². The van der Waals surface area contributed by atoms with Crippen molar-refractivity contribution >= 4 is 5.97 Å². The van der Waals surface area contributed by atoms with Crippen LogP contribution in [0.5, 0.6) is 28.7 Å². The van der Waals surface area contributed by atoms with Gasteiger partial charge < -0.3 is 28.8 Å². The van der Waals surface area contributed by atoms with Gasteiger partial charge in [-0.1, -0.05) is 6.07 Å². The fourth-order valence-corrected chi connectivity index (χ4v) is 4.28. The predicted molar refractivity (Wildman–Crippen MR) is 115 cm³/mol. The Morgan fingerprint density at radius 2 is 1.55 bits per heavy atom. The van der Waals surface area contributed by atoms with Crippen LogP contribution in [0, 0.1) is 0 Å². The molecular weight excluding hydrogens is 402 g/mol. The zero-order chi connectivity index (χ0) is 22.5. The molecule has 0 saturated carbocycles. The molecular formula is C23H29NO7. The lowest BCUT2D eigenvalue weighted by Crippen LogP contribution is -2.39. The number of methoxy groups -OCH3 is 5. The number of hydrogen-bond donors (Lipinski definition) is 1. The number of benzene rings is 2. The summed E-state index contributed by atoms with van der Waals surface area (Å²) in [5.74, 6) is 1.81. The summed E-state index contributed by atoms with van der Waals surface area (Å²) in [6.07, 6.45) is 1.37. The van der Waals surface area contributed by atoms with Crippen LogP contribution in [0.1, 0.15) is 30.0 Å². The Bertz CT molecular complexity index is 930. The van der Waals surface area contributed by atoms with Crippen molar-refractivity contribution in [3.63, 3.8) is 0 Å². The van der Waals surface area contributed by atoms with Gasteiger partial charge in [0.1, 0.15) is 6.04 Å². The Morgan fingerprint density at radius 3 is 2.13 bits per heavy atom. The van der Waals surface area contributed by atoms with Crippen molar-refractivity contribution in [2.45, 2.75) is 24.9 Å². The Kier molecular flexibility index (Phi) is 7.12. The van der Waals surface area contributed by atoms with E-state index in [1.807, 2.05) is 29.2 Å². The highest BCUT2D eigenvalue weighted by Gasteiger charge is 2.39. The van der Waals surface area contributed by atoms with E-state index < -0.39 is 18.1 Å². The van der Waals surface area contributed by atoms with Gasteiger partial charge in [-0.2, -0.15) is 0 Å². The molecule has 8 nitrogen and oxygen atoms in total. The lowest BCUT2D eigenvalue weighted by molar-refractivity contribution is -0.142. The largest absolute Gasteiger partial charge is 0.493 e. The van der Waals surface area contributed by atoms with Crippen molar-refractivity contribution in [3.8, 4) is 28.7 Å². The number of rotatable bonds is 9. The minimum Gasteiger partial charge on any atom is -0.493 e. The Balaban J connectivity index is 2.24. The van der Waals surface area contributed by atoms with Crippen LogP contribution in [0.15, 0.2) is 30.3 Å². The number of likely N-dealkylation sites (tertiary alicyclic amines) is 1. The van der Waals surface area contributed by atoms with Gasteiger partial charge in [-0.15, -0.1) is 0 Å². The van der Waals surface area contributed by atoms with E-state index in [4.69, 9.17) is 23.7 Å². The highest BCUT2D eigenvalue weighted by molar-refractivity contribution is 5.74. The third-order valence-electron chi connectivity index (χ3n) is 5.66. The smallest absolute Gasteiger partial charge is 0.320 e. The first-order valence-corrected chi connectivity index (χ1v) is 10.00. The molecule has 0 aliphatic carbocycles. The average molecular weight is 431 g/mol. The zero-order valence-electron chi connectivity index (χ0n) is 18.5. The van der Waals surface area contributed by atoms with E-state index in [2.05, 4.69) is 0 Å². The molecule has 0 aromatic heterocycles. The van der Waals surface area contributed by atoms with Crippen LogP contribution in [0.4, 0.5) is 0 Å². The lowest BCUT2D eigenvalue weighted by Gasteiger charge is -2.33. The van der Waals surface area contributed by atoms with E-state index in [9.17, 15) is 9.90 Å². The van der Waals surface area contributed by atoms with Crippen molar-refractivity contribution in [2.75, 3.05) is 42.1 Å². The van der Waals surface area contributed by atoms with Gasteiger partial charge in [0.05, 0.1) is 41.6 Å². The minimum atomic E-state index is -0.845. The summed E-state index contributed by atoms with van der Waals surface area (Å²) in [5.41, 5.74) is 1.64. The Hall–Kier alpha value is -3.13. The molecule has 1 heterocycles. The molecule has 0 bridgehead atoms. The molecule has 2 atom stereocenters. The topological polar surface area (TPSA) is 86.7 Å². The van der Waals surface area contributed by atoms with Crippen LogP contribution >= 0.6 is 0 Å². The van der Waals surface area contributed by atoms with Crippen molar-refractivity contribution in [2.24, 2.45) is 0 Å². The number of carboxylic acids is 1. The third kappa shape index (κ3) is 4.20. The van der Waals surface area contributed by atoms with Crippen LogP contribution in [-0.2, 0) is 4.79 Å². The van der Waals surface area contributed by atoms with E-state index in [0.717, 1.165) is 17.5 Å². The third-order valence-corrected chi connectivity index (χ3v) is 5.66. The maximum atomic E-state index is 12.0. The molecule has 2 unspecified atom stereocenters. The molecule has 8 heteroatoms. The van der Waals surface area contributed by atoms with Crippen LogP contribution in [0.25, 0.3) is 0 Å². The fourth-order valence-electron chi connectivity index (χ4n) is 4.28. The molecule has 0 amide bonds. The van der Waals surface area contributed by atoms with Crippen LogP contribution in [0.2, 0.25) is 0 Å². The molecule has 31 heavy (non-hydrogen) atoms. The molecule has 2 aromatic rings. The summed E-state index contributed by atoms with van der Waals surface area (Å²) in [6.45, 7) is 0.632. The zero-order valence-corrected chi connectivity index (χ0v) is 18.5. The quantitative estimate of drug-likeness (QED) is 0.647. The molecule has 1 aliphatic rings. The maximum Gasteiger partial charge on any atom is 0.320 e. The predicted octanol–water partition coefficient (Wildman–Crippen LogP) is 3.37. The van der Waals surface area contributed by atoms with Gasteiger partial charge in [0.25, 0.3) is 0 Å². The summed E-state index contributed by atoms with van der Waals surface area (Å²) in [6, 6.07) is 8.28. The molecule has 3 rings (SSSR count). The van der Waals surface area contributed by atoms with Gasteiger partial charge in [-0.3, -0.25) is 9.69 Å². The first-order valence-electron chi connectivity index (χ1n) is 10.00. The standard InChI is InChI=1S/C23H29NO7/c1-27-17-10-8-14(13-19(17)29-3)20(24-12-6-7-16(24)23(25)26)15-9-11-18(28-2)22(31-5)21(15)30-4/h8-11,13,16,20H,6-7,12H2,1-5H3,(H,25,26). The van der Waals surface area contributed by atoms with Crippen molar-refractivity contribution < 1.29 is 33.6 Å². The first kappa shape index (κ1) is 22.6. The second-order valence-corrected chi connectivity index (χ2v) is 7.17. The van der Waals surface area contributed by atoms with Crippen molar-refractivity contribution in [1.82, 2.24) is 4.90 Å². The second kappa shape index (κ2) is 9.78. The second-order valence-electron chi connectivity index (χ2n) is 7.17. The average Bonchev–Trinajstić information content (AvgIpc) is 3.28. The summed E-state index contributed by atoms with van der Waals surface area (Å²) < 4.78 is 27.6. The van der Waals surface area contributed by atoms with Gasteiger partial charge in [0, 0.05) is 12.1 Å². The van der Waals surface area contributed by atoms with Gasteiger partial charge in [0.15, 0.2) is 23.0 Å². The number of carbonyl (C=O) groups is 1. The van der Waals surface area contributed by atoms with E-state index in [1.54, 1.807) is 41.6 Å². The van der Waals surface area contributed by atoms with Gasteiger partial charge in [-0.25, -0.2) is 0 Å². The number of hydrogen-bond acceptors (Lipinski definition) is 7. The van der Waals surface area contributed by atoms with Gasteiger partial charge in [0.2, 0.25) is 5.75 Å². The molecule has 168 valence electrons. The molecule has 1 saturated heterocycles. The van der Waals surface area contributed by atoms with E-state index in [0.29, 0.717) is 41.7 Å². The maximum absolute atomic E-state index is 12.0. The number of carboxylic acid groups (broad SMARTS) is 1. The normalized spacial score (nSPS) is 17.1. The lowest BCUT2D eigenvalue weighted by atomic mass is 9.94. The van der Waals surface area contributed by atoms with Crippen LogP contribution in [-0.4, -0.2) is 64.1 Å². The Labute approximate surface area is 182 Å². The molecule has 2 aromatic carbocycles. The highest BCUT2D eigenvalue weighted by Crippen LogP contribution is 2.47. The number of ether oxygens (including phenoxy) is 5. The summed E-state index contributed by atoms with van der Waals surface area (Å²) in [4.78, 5) is 14.0. The Morgan fingerprint density at radius 1 is 0.903 bits per heavy atom. The fraction of sp³-hybridized carbons (Fsp3) is 0.435. The SMILES string of the molecule is COc1ccc(C(c2ccc(OC)c(OC)c2OC)N2CCCC2C(=O)O)cc1OC. The summed E-state index contributed by atoms with van der Waals surface area (Å²) >= 11 is 0. The first-order chi connectivity index (χ1) is 15.0. The number of aliphatic carboxylic acids is 1. The highest BCUT2D eigenvalue weighted by atomic mass is 16.5. The molecule has 1 aliphatic heterocycles. The number of nitrogens with zero attached hydrogens (tertiary/aromatic N) is 1. The van der Waals surface area contributed by atoms with E-state index in [-0.39, 0.29) is 0 Å². The molecule has 0 spiro atoms. The van der Waals surface area contributed by atoms with Crippen molar-refractivity contribution in [1.29, 1.82) is 0 Å². The van der Waals surface area contributed by atoms with E-state index >= 15 is 0 Å². The molecule has 0 radical (unpaired) electrons. The summed E-state index contributed by atoms with van der Waals surface area (Å²) in [5, 5.41) is 9.86. The van der Waals surface area contributed by atoms with Gasteiger partial charge >= 0.3 is 5.97 Å². The van der Waals surface area contributed by atoms with Crippen LogP contribution < -0.4 is 23.7 Å². The van der Waals surface area contributed by atoms with Crippen molar-refractivity contribution in [3.05, 3.63) is 41.5 Å². The van der Waals surface area contributed by atoms with E-state index in [1.165, 1.54) is 0 Å².